The molecule has 200 valence electrons. The fourth-order valence-corrected chi connectivity index (χ4v) is 6.48. The van der Waals surface area contributed by atoms with Gasteiger partial charge < -0.3 is 10.6 Å². The maximum Gasteiger partial charge on any atom is 0.237 e. The van der Waals surface area contributed by atoms with E-state index in [1.165, 1.54) is 18.2 Å². The van der Waals surface area contributed by atoms with Crippen molar-refractivity contribution in [1.82, 2.24) is 23.5 Å². The first-order valence-electron chi connectivity index (χ1n) is 12.5. The highest BCUT2D eigenvalue weighted by Crippen LogP contribution is 2.44. The van der Waals surface area contributed by atoms with E-state index in [0.717, 1.165) is 52.2 Å². The molecule has 3 N–H and O–H groups in total. The molecule has 4 aromatic rings. The zero-order valence-electron chi connectivity index (χ0n) is 21.0. The van der Waals surface area contributed by atoms with E-state index in [1.54, 1.807) is 11.3 Å². The van der Waals surface area contributed by atoms with Crippen LogP contribution in [0.3, 0.4) is 0 Å². The van der Waals surface area contributed by atoms with Crippen LogP contribution in [-0.4, -0.2) is 32.5 Å². The van der Waals surface area contributed by atoms with Crippen molar-refractivity contribution in [2.45, 2.75) is 58.0 Å². The summed E-state index contributed by atoms with van der Waals surface area (Å²) < 4.78 is 43.6. The molecule has 0 spiro atoms. The van der Waals surface area contributed by atoms with E-state index in [4.69, 9.17) is 9.97 Å². The Balaban J connectivity index is 1.47. The number of pyridine rings is 1. The summed E-state index contributed by atoms with van der Waals surface area (Å²) >= 11 is 0.316. The molecule has 1 aromatic carbocycles. The van der Waals surface area contributed by atoms with E-state index in [-0.39, 0.29) is 24.1 Å². The van der Waals surface area contributed by atoms with Gasteiger partial charge in [0.05, 0.1) is 21.7 Å². The molecule has 0 unspecified atom stereocenters. The molecule has 1 atom stereocenters. The summed E-state index contributed by atoms with van der Waals surface area (Å²) in [5.41, 5.74) is 3.37. The number of rotatable bonds is 12. The molecular formula is C26H28F2IN7OS. The molecule has 1 fully saturated rings. The van der Waals surface area contributed by atoms with Crippen molar-refractivity contribution in [1.29, 1.82) is 0 Å². The van der Waals surface area contributed by atoms with Crippen molar-refractivity contribution in [3.8, 4) is 10.6 Å². The second-order valence-electron chi connectivity index (χ2n) is 9.25. The highest BCUT2D eigenvalue weighted by molar-refractivity contribution is 14.1. The fourth-order valence-electron chi connectivity index (χ4n) is 4.31. The maximum atomic E-state index is 14.2. The normalized spacial score (nSPS) is 14.1. The van der Waals surface area contributed by atoms with Gasteiger partial charge in [-0.25, -0.2) is 22.3 Å². The topological polar surface area (TPSA) is 105 Å². The van der Waals surface area contributed by atoms with Gasteiger partial charge in [-0.2, -0.15) is 4.98 Å². The quantitative estimate of drug-likeness (QED) is 0.116. The third-order valence-electron chi connectivity index (χ3n) is 6.57. The second-order valence-corrected chi connectivity index (χ2v) is 11.3. The Bertz CT molecular complexity index is 1440. The Morgan fingerprint density at radius 2 is 1.92 bits per heavy atom. The summed E-state index contributed by atoms with van der Waals surface area (Å²) in [4.78, 5) is 18.9. The maximum absolute atomic E-state index is 14.2. The number of thiazole rings is 1. The highest BCUT2D eigenvalue weighted by Gasteiger charge is 2.29. The number of aromatic nitrogens is 4. The van der Waals surface area contributed by atoms with Gasteiger partial charge in [0.25, 0.3) is 0 Å². The molecule has 3 heterocycles. The van der Waals surface area contributed by atoms with Crippen LogP contribution in [0.1, 0.15) is 55.5 Å². The standard InChI is InChI=1S/C26H28F2IN7OS/c1-3-16(36-29-37)9-11-31-24-21(25-34-23-20(38-25)10-12-30-22(23)15-7-8-15)14(2)33-26(35-24)32-13-17-18(27)5-4-6-19(17)28/h4-6,10,12,15-16H,3,7-9,11,13H2,1-2H3,(H,36,37)(H2,31,32,33,35)/t16-/m0/s1. The van der Waals surface area contributed by atoms with Gasteiger partial charge in [0, 0.05) is 36.8 Å². The molecule has 12 heteroatoms. The lowest BCUT2D eigenvalue weighted by Gasteiger charge is -2.16. The third-order valence-corrected chi connectivity index (χ3v) is 8.74. The van der Waals surface area contributed by atoms with E-state index in [0.29, 0.717) is 24.0 Å². The number of aryl methyl sites for hydroxylation is 1. The van der Waals surface area contributed by atoms with Crippen molar-refractivity contribution in [2.24, 2.45) is 0 Å². The Kier molecular flexibility index (Phi) is 8.48. The molecule has 5 rings (SSSR count). The summed E-state index contributed by atoms with van der Waals surface area (Å²) in [7, 11) is 0. The van der Waals surface area contributed by atoms with Gasteiger partial charge >= 0.3 is 0 Å². The largest absolute Gasteiger partial charge is 0.369 e. The lowest BCUT2D eigenvalue weighted by Crippen LogP contribution is -2.23. The SMILES string of the molecule is CC[C@@H](CCNc1nc(NCc2c(F)cccc2F)nc(C)c1-c1nc2c(C3CC3)nccc2s1)NI=O. The molecule has 1 aliphatic rings. The molecule has 3 aromatic heterocycles. The lowest BCUT2D eigenvalue weighted by molar-refractivity contribution is 0.559. The average Bonchev–Trinajstić information content (AvgIpc) is 3.65. The van der Waals surface area contributed by atoms with Gasteiger partial charge in [-0.1, -0.05) is 13.0 Å². The van der Waals surface area contributed by atoms with Crippen LogP contribution in [0.4, 0.5) is 20.5 Å². The number of nitrogens with one attached hydrogen (secondary N) is 3. The van der Waals surface area contributed by atoms with Gasteiger partial charge in [-0.3, -0.25) is 8.05 Å². The molecule has 0 aliphatic heterocycles. The number of anilines is 2. The predicted molar refractivity (Wildman–Crippen MR) is 154 cm³/mol. The van der Waals surface area contributed by atoms with Crippen LogP contribution in [-0.2, 0) is 9.61 Å². The van der Waals surface area contributed by atoms with Gasteiger partial charge in [0.1, 0.15) is 28.0 Å². The second kappa shape index (κ2) is 12.0. The van der Waals surface area contributed by atoms with Crippen LogP contribution in [0.2, 0.25) is 0 Å². The molecule has 0 amide bonds. The number of fused-ring (bicyclic) bond motifs is 1. The molecule has 8 nitrogen and oxygen atoms in total. The summed E-state index contributed by atoms with van der Waals surface area (Å²) in [5, 5.41) is 7.18. The van der Waals surface area contributed by atoms with Crippen LogP contribution >= 0.6 is 32.8 Å². The van der Waals surface area contributed by atoms with Crippen molar-refractivity contribution in [3.05, 3.63) is 59.0 Å². The van der Waals surface area contributed by atoms with Crippen molar-refractivity contribution >= 4 is 54.8 Å². The summed E-state index contributed by atoms with van der Waals surface area (Å²) in [6, 6.07) is 5.90. The van der Waals surface area contributed by atoms with E-state index < -0.39 is 33.1 Å². The summed E-state index contributed by atoms with van der Waals surface area (Å²) in [5.74, 6) is 0.0569. The molecule has 0 radical (unpaired) electrons. The molecular weight excluding hydrogens is 623 g/mol. The van der Waals surface area contributed by atoms with Crippen molar-refractivity contribution in [2.75, 3.05) is 17.2 Å². The Morgan fingerprint density at radius 3 is 2.63 bits per heavy atom. The van der Waals surface area contributed by atoms with Crippen LogP contribution in [0.5, 0.6) is 0 Å². The van der Waals surface area contributed by atoms with Crippen LogP contribution < -0.4 is 14.2 Å². The number of benzene rings is 1. The van der Waals surface area contributed by atoms with Gasteiger partial charge in [-0.15, -0.1) is 11.3 Å². The summed E-state index contributed by atoms with van der Waals surface area (Å²) in [6.07, 6.45) is 5.71. The Hall–Kier alpha value is -2.71. The minimum atomic E-state index is -1.25. The average molecular weight is 652 g/mol. The van der Waals surface area contributed by atoms with Crippen molar-refractivity contribution in [3.63, 3.8) is 0 Å². The van der Waals surface area contributed by atoms with Gasteiger partial charge in [0.2, 0.25) is 27.4 Å². The molecule has 1 saturated carbocycles. The smallest absolute Gasteiger partial charge is 0.237 e. The molecule has 0 saturated heterocycles. The van der Waals surface area contributed by atoms with Crippen LogP contribution in [0.25, 0.3) is 20.8 Å². The van der Waals surface area contributed by atoms with Crippen LogP contribution in [0, 0.1) is 18.6 Å². The van der Waals surface area contributed by atoms with E-state index in [9.17, 15) is 11.8 Å². The number of nitrogens with zero attached hydrogens (tertiary/aromatic N) is 4. The van der Waals surface area contributed by atoms with Gasteiger partial charge in [0.15, 0.2) is 0 Å². The first-order valence-corrected chi connectivity index (χ1v) is 15.3. The lowest BCUT2D eigenvalue weighted by atomic mass is 10.1. The molecule has 0 bridgehead atoms. The monoisotopic (exact) mass is 651 g/mol. The predicted octanol–water partition coefficient (Wildman–Crippen LogP) is 6.63. The summed E-state index contributed by atoms with van der Waals surface area (Å²) in [6.45, 7) is 4.42. The van der Waals surface area contributed by atoms with Crippen LogP contribution in [0.15, 0.2) is 30.5 Å². The molecule has 1 aliphatic carbocycles. The molecule has 38 heavy (non-hydrogen) atoms. The number of halogens is 3. The first-order chi connectivity index (χ1) is 18.5. The first kappa shape index (κ1) is 26.9. The van der Waals surface area contributed by atoms with Crippen molar-refractivity contribution < 1.29 is 11.8 Å². The zero-order valence-corrected chi connectivity index (χ0v) is 24.0. The minimum absolute atomic E-state index is 0.0728. The minimum Gasteiger partial charge on any atom is -0.369 e. The van der Waals surface area contributed by atoms with Gasteiger partial charge in [-0.05, 0) is 50.8 Å². The highest BCUT2D eigenvalue weighted by atomic mass is 127. The number of hydrogen-bond acceptors (Lipinski definition) is 8. The van der Waals surface area contributed by atoms with E-state index >= 15 is 0 Å². The third kappa shape index (κ3) is 5.96. The van der Waals surface area contributed by atoms with E-state index in [1.807, 2.05) is 26.1 Å². The fraction of sp³-hybridized carbons (Fsp3) is 0.385. The number of hydrogen-bond donors (Lipinski definition) is 3. The Labute approximate surface area is 234 Å². The Morgan fingerprint density at radius 1 is 1.13 bits per heavy atom. The van der Waals surface area contributed by atoms with E-state index in [2.05, 4.69) is 24.1 Å². The zero-order chi connectivity index (χ0) is 26.6.